The van der Waals surface area contributed by atoms with Crippen LogP contribution in [0.25, 0.3) is 0 Å². The summed E-state index contributed by atoms with van der Waals surface area (Å²) < 4.78 is 5.05. The van der Waals surface area contributed by atoms with E-state index < -0.39 is 0 Å². The lowest BCUT2D eigenvalue weighted by Crippen LogP contribution is -2.46. The predicted octanol–water partition coefficient (Wildman–Crippen LogP) is 4.10. The first-order valence-corrected chi connectivity index (χ1v) is 10.4. The lowest BCUT2D eigenvalue weighted by molar-refractivity contribution is -0.121. The third-order valence-electron chi connectivity index (χ3n) is 5.58. The van der Waals surface area contributed by atoms with Gasteiger partial charge in [0.1, 0.15) is 0 Å². The van der Waals surface area contributed by atoms with Crippen molar-refractivity contribution in [1.29, 1.82) is 0 Å². The molecule has 6 heteroatoms. The summed E-state index contributed by atoms with van der Waals surface area (Å²) in [6.45, 7) is 9.54. The number of carbonyl (C=O) groups excluding carboxylic acids is 2. The Kier molecular flexibility index (Phi) is 6.85. The molecule has 29 heavy (non-hydrogen) atoms. The molecule has 1 fully saturated rings. The number of benzene rings is 1. The van der Waals surface area contributed by atoms with E-state index in [0.29, 0.717) is 11.8 Å². The van der Waals surface area contributed by atoms with Crippen LogP contribution in [-0.2, 0) is 11.2 Å². The Morgan fingerprint density at radius 2 is 1.83 bits per heavy atom. The van der Waals surface area contributed by atoms with E-state index >= 15 is 0 Å². The van der Waals surface area contributed by atoms with E-state index in [1.165, 1.54) is 5.56 Å². The molecular weight excluding hydrogens is 366 g/mol. The third kappa shape index (κ3) is 5.54. The number of nitrogens with zero attached hydrogens (tertiary/aromatic N) is 2. The minimum Gasteiger partial charge on any atom is -0.338 e. The van der Waals surface area contributed by atoms with Crippen molar-refractivity contribution in [1.82, 2.24) is 10.1 Å². The van der Waals surface area contributed by atoms with Crippen molar-refractivity contribution in [2.75, 3.05) is 18.4 Å². The summed E-state index contributed by atoms with van der Waals surface area (Å²) in [5, 5.41) is 6.54. The summed E-state index contributed by atoms with van der Waals surface area (Å²) in [7, 11) is 0. The molecule has 0 aliphatic carbocycles. The molecule has 1 aliphatic rings. The van der Waals surface area contributed by atoms with Gasteiger partial charge in [-0.2, -0.15) is 0 Å². The maximum Gasteiger partial charge on any atom is 0.243 e. The Morgan fingerprint density at radius 3 is 2.38 bits per heavy atom. The van der Waals surface area contributed by atoms with E-state index in [4.69, 9.17) is 4.52 Å². The van der Waals surface area contributed by atoms with Gasteiger partial charge < -0.3 is 4.52 Å². The summed E-state index contributed by atoms with van der Waals surface area (Å²) in [5.74, 6) is 1.09. The molecule has 1 N–H and O–H groups in total. The maximum absolute atomic E-state index is 12.9. The molecule has 0 spiro atoms. The standard InChI is InChI=1S/C23H31N3O3/c1-15(2)13-18-5-7-19(8-6-18)22(27)20-9-11-26(12-10-20)17(4)23(28)24-21-14-16(3)25-29-21/h5-8,14-15,17,20H,9-13H2,1-4H3,(H,24,28). The van der Waals surface area contributed by atoms with Crippen molar-refractivity contribution >= 4 is 17.6 Å². The van der Waals surface area contributed by atoms with E-state index in [0.717, 1.165) is 43.6 Å². The smallest absolute Gasteiger partial charge is 0.243 e. The molecule has 6 nitrogen and oxygen atoms in total. The fourth-order valence-electron chi connectivity index (χ4n) is 3.88. The quantitative estimate of drug-likeness (QED) is 0.712. The van der Waals surface area contributed by atoms with Crippen LogP contribution in [0, 0.1) is 18.8 Å². The van der Waals surface area contributed by atoms with Gasteiger partial charge in [-0.3, -0.25) is 19.8 Å². The summed E-state index contributed by atoms with van der Waals surface area (Å²) in [6.07, 6.45) is 2.57. The second-order valence-corrected chi connectivity index (χ2v) is 8.47. The van der Waals surface area contributed by atoms with Crippen LogP contribution in [0.1, 0.15) is 55.2 Å². The summed E-state index contributed by atoms with van der Waals surface area (Å²) >= 11 is 0. The monoisotopic (exact) mass is 397 g/mol. The van der Waals surface area contributed by atoms with Crippen LogP contribution >= 0.6 is 0 Å². The van der Waals surface area contributed by atoms with Gasteiger partial charge in [0.15, 0.2) is 5.78 Å². The third-order valence-corrected chi connectivity index (χ3v) is 5.58. The normalized spacial score (nSPS) is 16.7. The van der Waals surface area contributed by atoms with Crippen molar-refractivity contribution in [2.24, 2.45) is 11.8 Å². The van der Waals surface area contributed by atoms with Crippen LogP contribution in [0.3, 0.4) is 0 Å². The first-order chi connectivity index (χ1) is 13.8. The van der Waals surface area contributed by atoms with E-state index in [1.54, 1.807) is 6.07 Å². The van der Waals surface area contributed by atoms with Crippen LogP contribution in [-0.4, -0.2) is 40.9 Å². The molecule has 2 aromatic rings. The van der Waals surface area contributed by atoms with Gasteiger partial charge >= 0.3 is 0 Å². The summed E-state index contributed by atoms with van der Waals surface area (Å²) in [6, 6.07) is 9.47. The lowest BCUT2D eigenvalue weighted by Gasteiger charge is -2.34. The van der Waals surface area contributed by atoms with Gasteiger partial charge in [-0.15, -0.1) is 0 Å². The fraction of sp³-hybridized carbons (Fsp3) is 0.522. The van der Waals surface area contributed by atoms with Gasteiger partial charge in [0, 0.05) is 17.5 Å². The number of anilines is 1. The lowest BCUT2D eigenvalue weighted by atomic mass is 9.88. The Hall–Kier alpha value is -2.47. The number of aryl methyl sites for hydroxylation is 1. The molecule has 1 aliphatic heterocycles. The van der Waals surface area contributed by atoms with Crippen molar-refractivity contribution in [2.45, 2.75) is 53.0 Å². The predicted molar refractivity (Wildman–Crippen MR) is 113 cm³/mol. The molecule has 2 heterocycles. The van der Waals surface area contributed by atoms with Crippen LogP contribution < -0.4 is 5.32 Å². The number of hydrogen-bond donors (Lipinski definition) is 1. The van der Waals surface area contributed by atoms with Crippen LogP contribution in [0.5, 0.6) is 0 Å². The highest BCUT2D eigenvalue weighted by Gasteiger charge is 2.30. The zero-order valence-corrected chi connectivity index (χ0v) is 17.8. The number of likely N-dealkylation sites (tertiary alicyclic amines) is 1. The van der Waals surface area contributed by atoms with Crippen molar-refractivity contribution < 1.29 is 14.1 Å². The molecule has 0 radical (unpaired) electrons. The van der Waals surface area contributed by atoms with Crippen molar-refractivity contribution in [3.8, 4) is 0 Å². The van der Waals surface area contributed by atoms with Gasteiger partial charge in [0.25, 0.3) is 0 Å². The van der Waals surface area contributed by atoms with Gasteiger partial charge in [-0.25, -0.2) is 0 Å². The van der Waals surface area contributed by atoms with Gasteiger partial charge in [0.05, 0.1) is 11.7 Å². The molecule has 0 saturated carbocycles. The fourth-order valence-corrected chi connectivity index (χ4v) is 3.88. The minimum absolute atomic E-state index is 0.0226. The minimum atomic E-state index is -0.285. The van der Waals surface area contributed by atoms with E-state index in [2.05, 4.69) is 41.4 Å². The number of nitrogens with one attached hydrogen (secondary N) is 1. The van der Waals surface area contributed by atoms with Gasteiger partial charge in [-0.1, -0.05) is 43.3 Å². The molecular formula is C23H31N3O3. The first-order valence-electron chi connectivity index (χ1n) is 10.4. The second-order valence-electron chi connectivity index (χ2n) is 8.47. The number of amides is 1. The molecule has 3 rings (SSSR count). The van der Waals surface area contributed by atoms with E-state index in [9.17, 15) is 9.59 Å². The molecule has 156 valence electrons. The molecule has 1 atom stereocenters. The number of Topliss-reactive ketones (excluding diaryl/α,β-unsaturated/α-hetero) is 1. The maximum atomic E-state index is 12.9. The summed E-state index contributed by atoms with van der Waals surface area (Å²) in [4.78, 5) is 27.4. The molecule has 1 saturated heterocycles. The number of aromatic nitrogens is 1. The molecule has 0 bridgehead atoms. The topological polar surface area (TPSA) is 75.4 Å². The Morgan fingerprint density at radius 1 is 1.17 bits per heavy atom. The number of carbonyl (C=O) groups is 2. The number of ketones is 1. The van der Waals surface area contributed by atoms with E-state index in [-0.39, 0.29) is 23.7 Å². The van der Waals surface area contributed by atoms with Crippen molar-refractivity contribution in [3.63, 3.8) is 0 Å². The van der Waals surface area contributed by atoms with Crippen LogP contribution in [0.15, 0.2) is 34.9 Å². The second kappa shape index (κ2) is 9.35. The first kappa shape index (κ1) is 21.2. The van der Waals surface area contributed by atoms with Gasteiger partial charge in [-0.05, 0) is 57.7 Å². The number of piperidine rings is 1. The Labute approximate surface area is 172 Å². The summed E-state index contributed by atoms with van der Waals surface area (Å²) in [5.41, 5.74) is 2.79. The van der Waals surface area contributed by atoms with Crippen LogP contribution in [0.4, 0.5) is 5.88 Å². The zero-order chi connectivity index (χ0) is 21.0. The van der Waals surface area contributed by atoms with Crippen molar-refractivity contribution in [3.05, 3.63) is 47.2 Å². The Balaban J connectivity index is 1.51. The largest absolute Gasteiger partial charge is 0.338 e. The Bertz CT molecular complexity index is 833. The SMILES string of the molecule is Cc1cc(NC(=O)C(C)N2CCC(C(=O)c3ccc(CC(C)C)cc3)CC2)on1. The average molecular weight is 398 g/mol. The molecule has 1 aromatic heterocycles. The highest BCUT2D eigenvalue weighted by Crippen LogP contribution is 2.24. The molecule has 1 unspecified atom stereocenters. The zero-order valence-electron chi connectivity index (χ0n) is 17.8. The number of hydrogen-bond acceptors (Lipinski definition) is 5. The highest BCUT2D eigenvalue weighted by atomic mass is 16.5. The molecule has 1 amide bonds. The van der Waals surface area contributed by atoms with Gasteiger partial charge in [0.2, 0.25) is 11.8 Å². The molecule has 1 aromatic carbocycles. The highest BCUT2D eigenvalue weighted by molar-refractivity contribution is 5.98. The van der Waals surface area contributed by atoms with Crippen LogP contribution in [0.2, 0.25) is 0 Å². The number of rotatable bonds is 7. The average Bonchev–Trinajstić information content (AvgIpc) is 3.11. The van der Waals surface area contributed by atoms with E-state index in [1.807, 2.05) is 26.0 Å².